The number of nitrogens with one attached hydrogen (secondary N) is 1. The van der Waals surface area contributed by atoms with Crippen molar-refractivity contribution in [3.05, 3.63) is 108 Å². The number of alkyl halides is 2. The fraction of sp³-hybridized carbons (Fsp3) is 0.375. The van der Waals surface area contributed by atoms with E-state index in [0.29, 0.717) is 16.7 Å². The van der Waals surface area contributed by atoms with Gasteiger partial charge in [-0.05, 0) is 40.2 Å². The Morgan fingerprint density at radius 2 is 1.32 bits per heavy atom. The summed E-state index contributed by atoms with van der Waals surface area (Å²) in [5.41, 5.74) is -2.54. The third-order valence-corrected chi connectivity index (χ3v) is 10.1. The first-order valence-corrected chi connectivity index (χ1v) is 16.9. The Morgan fingerprint density at radius 1 is 0.864 bits per heavy atom. The Hall–Kier alpha value is -3.08. The number of carbonyl (C=O) groups is 1. The van der Waals surface area contributed by atoms with E-state index < -0.39 is 47.0 Å². The number of halogens is 2. The summed E-state index contributed by atoms with van der Waals surface area (Å²) in [4.78, 5) is 18.5. The van der Waals surface area contributed by atoms with E-state index >= 15 is 8.78 Å². The second kappa shape index (κ2) is 15.8. The van der Waals surface area contributed by atoms with Gasteiger partial charge in [-0.2, -0.15) is 8.78 Å². The van der Waals surface area contributed by atoms with E-state index in [1.807, 2.05) is 0 Å². The van der Waals surface area contributed by atoms with Crippen LogP contribution in [0.5, 0.6) is 0 Å². The van der Waals surface area contributed by atoms with Crippen molar-refractivity contribution in [3.63, 3.8) is 0 Å². The highest BCUT2D eigenvalue weighted by molar-refractivity contribution is 7.84. The summed E-state index contributed by atoms with van der Waals surface area (Å²) in [6.07, 6.45) is 0. The second-order valence-corrected chi connectivity index (χ2v) is 14.8. The molecule has 0 saturated carbocycles. The van der Waals surface area contributed by atoms with E-state index in [4.69, 9.17) is 13.8 Å². The van der Waals surface area contributed by atoms with Crippen LogP contribution in [-0.2, 0) is 40.7 Å². The Balaban J connectivity index is 2.29. The van der Waals surface area contributed by atoms with Gasteiger partial charge in [0.15, 0.2) is 6.04 Å². The number of carbonyl (C=O) groups excluding carboxylic acids is 1. The molecule has 0 fully saturated rings. The lowest BCUT2D eigenvalue weighted by atomic mass is 10.0. The quantitative estimate of drug-likeness (QED) is 0.109. The van der Waals surface area contributed by atoms with Gasteiger partial charge in [0, 0.05) is 11.1 Å². The molecule has 12 heteroatoms. The smallest absolute Gasteiger partial charge is 0.401 e. The molecule has 0 aliphatic rings. The Labute approximate surface area is 260 Å². The van der Waals surface area contributed by atoms with Crippen molar-refractivity contribution >= 4 is 30.3 Å². The largest absolute Gasteiger partial charge is 0.459 e. The minimum absolute atomic E-state index is 0.194. The fourth-order valence-corrected chi connectivity index (χ4v) is 6.65. The molecule has 0 heterocycles. The van der Waals surface area contributed by atoms with Crippen LogP contribution in [0.1, 0.15) is 51.3 Å². The van der Waals surface area contributed by atoms with Crippen molar-refractivity contribution in [3.8, 4) is 0 Å². The molecule has 238 valence electrons. The van der Waals surface area contributed by atoms with Crippen molar-refractivity contribution in [2.75, 3.05) is 13.2 Å². The number of esters is 1. The van der Waals surface area contributed by atoms with Crippen LogP contribution in [0.25, 0.3) is 0 Å². The van der Waals surface area contributed by atoms with Gasteiger partial charge in [-0.15, -0.1) is 0 Å². The molecule has 0 amide bonds. The summed E-state index contributed by atoms with van der Waals surface area (Å²) >= 11 is 0. The fourth-order valence-electron chi connectivity index (χ4n) is 4.06. The molecule has 0 aliphatic carbocycles. The number of aliphatic imine (C=N–C) groups is 1. The van der Waals surface area contributed by atoms with Crippen LogP contribution < -0.4 is 4.72 Å². The lowest BCUT2D eigenvalue weighted by Gasteiger charge is -2.36. The monoisotopic (exact) mass is 648 g/mol. The van der Waals surface area contributed by atoms with Gasteiger partial charge in [-0.1, -0.05) is 91.0 Å². The molecule has 1 N–H and O–H groups in total. The minimum atomic E-state index is -5.25. The Bertz CT molecular complexity index is 1400. The van der Waals surface area contributed by atoms with Crippen molar-refractivity contribution in [2.45, 2.75) is 63.7 Å². The molecule has 3 atom stereocenters. The number of nitrogens with zero attached hydrogens (tertiary/aromatic N) is 1. The molecule has 3 aromatic rings. The number of hydrogen-bond acceptors (Lipinski definition) is 7. The molecule has 1 unspecified atom stereocenters. The zero-order valence-electron chi connectivity index (χ0n) is 25.4. The lowest BCUT2D eigenvalue weighted by molar-refractivity contribution is -0.149. The van der Waals surface area contributed by atoms with Gasteiger partial charge in [-0.3, -0.25) is 9.56 Å². The molecule has 3 aromatic carbocycles. The van der Waals surface area contributed by atoms with Gasteiger partial charge in [0.25, 0.3) is 0 Å². The molecule has 8 nitrogen and oxygen atoms in total. The molecule has 0 bridgehead atoms. The van der Waals surface area contributed by atoms with Gasteiger partial charge in [0.1, 0.15) is 12.6 Å². The molecule has 3 rings (SSSR count). The molecular formula is C32H39F2N2O6PS. The van der Waals surface area contributed by atoms with Crippen LogP contribution in [0.15, 0.2) is 96.0 Å². The van der Waals surface area contributed by atoms with Crippen LogP contribution in [-0.4, -0.2) is 51.6 Å². The molecule has 0 aromatic heterocycles. The van der Waals surface area contributed by atoms with E-state index in [2.05, 4.69) is 9.71 Å². The highest BCUT2D eigenvalue weighted by atomic mass is 32.2. The molecule has 0 radical (unpaired) electrons. The SMILES string of the molecule is CCOP(=O)(OCC)C(F)(F)[C@@H](NS(=O)C(C)(C)C)[C@H](N=C(c1ccccc1)c1ccccc1)C(=O)OCc1ccccc1. The topological polar surface area (TPSA) is 103 Å². The van der Waals surface area contributed by atoms with E-state index in [-0.39, 0.29) is 25.5 Å². The first kappa shape index (κ1) is 35.4. The lowest BCUT2D eigenvalue weighted by Crippen LogP contribution is -2.57. The summed E-state index contributed by atoms with van der Waals surface area (Å²) in [6.45, 7) is 6.52. The zero-order valence-corrected chi connectivity index (χ0v) is 27.2. The van der Waals surface area contributed by atoms with Crippen molar-refractivity contribution in [2.24, 2.45) is 4.99 Å². The van der Waals surface area contributed by atoms with Gasteiger partial charge in [-0.25, -0.2) is 13.7 Å². The number of rotatable bonds is 15. The van der Waals surface area contributed by atoms with Crippen LogP contribution in [0, 0.1) is 0 Å². The highest BCUT2D eigenvalue weighted by Gasteiger charge is 2.63. The normalized spacial score (nSPS) is 14.3. The molecule has 0 aliphatic heterocycles. The molecular weight excluding hydrogens is 609 g/mol. The van der Waals surface area contributed by atoms with Crippen molar-refractivity contribution in [1.29, 1.82) is 0 Å². The predicted molar refractivity (Wildman–Crippen MR) is 169 cm³/mol. The number of benzene rings is 3. The standard InChI is InChI=1S/C32H39F2N2O6PS/c1-6-41-43(38,42-7-2)32(33,34)29(36-44(39)31(3,4)5)28(30(37)40-23-24-17-11-8-12-18-24)35-27(25-19-13-9-14-20-25)26-21-15-10-16-22-26/h8-22,28-29,36H,6-7,23H2,1-5H3/t28-,29-,44?/m0/s1. The molecule has 0 saturated heterocycles. The second-order valence-electron chi connectivity index (χ2n) is 10.6. The average molecular weight is 649 g/mol. The maximum atomic E-state index is 16.7. The Kier molecular flexibility index (Phi) is 12.7. The van der Waals surface area contributed by atoms with Crippen LogP contribution in [0.3, 0.4) is 0 Å². The van der Waals surface area contributed by atoms with E-state index in [0.717, 1.165) is 0 Å². The van der Waals surface area contributed by atoms with E-state index in [1.165, 1.54) is 13.8 Å². The summed E-state index contributed by atoms with van der Waals surface area (Å²) in [7, 11) is -7.43. The van der Waals surface area contributed by atoms with Gasteiger partial charge < -0.3 is 13.8 Å². The van der Waals surface area contributed by atoms with Gasteiger partial charge in [0.05, 0.1) is 34.7 Å². The number of ether oxygens (including phenoxy) is 1. The summed E-state index contributed by atoms with van der Waals surface area (Å²) in [5.74, 6) is -1.15. The van der Waals surface area contributed by atoms with Crippen molar-refractivity contribution < 1.29 is 36.1 Å². The minimum Gasteiger partial charge on any atom is -0.459 e. The van der Waals surface area contributed by atoms with E-state index in [1.54, 1.807) is 112 Å². The van der Waals surface area contributed by atoms with Gasteiger partial charge in [0.2, 0.25) is 0 Å². The zero-order chi connectivity index (χ0) is 32.4. The third-order valence-electron chi connectivity index (χ3n) is 6.27. The van der Waals surface area contributed by atoms with Gasteiger partial charge >= 0.3 is 19.2 Å². The maximum absolute atomic E-state index is 16.7. The maximum Gasteiger partial charge on any atom is 0.401 e. The first-order valence-electron chi connectivity index (χ1n) is 14.2. The summed E-state index contributed by atoms with van der Waals surface area (Å²) in [5, 5.41) is 0. The third kappa shape index (κ3) is 8.99. The van der Waals surface area contributed by atoms with Crippen LogP contribution in [0.2, 0.25) is 0 Å². The summed E-state index contributed by atoms with van der Waals surface area (Å²) in [6, 6.07) is 21.6. The Morgan fingerprint density at radius 3 is 1.75 bits per heavy atom. The predicted octanol–water partition coefficient (Wildman–Crippen LogP) is 6.92. The number of hydrogen-bond donors (Lipinski definition) is 1. The first-order chi connectivity index (χ1) is 20.8. The highest BCUT2D eigenvalue weighted by Crippen LogP contribution is 2.63. The van der Waals surface area contributed by atoms with Crippen LogP contribution >= 0.6 is 7.60 Å². The summed E-state index contributed by atoms with van der Waals surface area (Å²) < 4.78 is 77.5. The molecule has 44 heavy (non-hydrogen) atoms. The van der Waals surface area contributed by atoms with E-state index in [9.17, 15) is 13.6 Å². The van der Waals surface area contributed by atoms with Crippen molar-refractivity contribution in [1.82, 2.24) is 4.72 Å². The average Bonchev–Trinajstić information content (AvgIpc) is 3.00. The van der Waals surface area contributed by atoms with Crippen LogP contribution in [0.4, 0.5) is 8.78 Å². The molecule has 0 spiro atoms.